The van der Waals surface area contributed by atoms with Crippen LogP contribution in [0.15, 0.2) is 24.3 Å². The fourth-order valence-corrected chi connectivity index (χ4v) is 1.07. The summed E-state index contributed by atoms with van der Waals surface area (Å²) >= 11 is 0. The lowest BCUT2D eigenvalue weighted by atomic mass is 10.1. The van der Waals surface area contributed by atoms with Gasteiger partial charge in [0.15, 0.2) is 0 Å². The Bertz CT molecular complexity index is 383. The molecule has 5 nitrogen and oxygen atoms in total. The summed E-state index contributed by atoms with van der Waals surface area (Å²) in [5.41, 5.74) is 0.233. The second kappa shape index (κ2) is 4.68. The largest absolute Gasteiger partial charge is 0.465 e. The second-order valence-electron chi connectivity index (χ2n) is 2.81. The fourth-order valence-electron chi connectivity index (χ4n) is 1.07. The molecule has 1 aromatic rings. The molecule has 0 heterocycles. The molecule has 0 saturated carbocycles. The van der Waals surface area contributed by atoms with Crippen molar-refractivity contribution in [1.29, 1.82) is 0 Å². The molecule has 0 aliphatic heterocycles. The van der Waals surface area contributed by atoms with Gasteiger partial charge in [-0.1, -0.05) is 12.1 Å². The first kappa shape index (κ1) is 11.4. The maximum atomic E-state index is 11.2. The molecule has 0 aliphatic carbocycles. The summed E-state index contributed by atoms with van der Waals surface area (Å²) in [7, 11) is 1.22. The molecular weight excluding hydrogens is 200 g/mol. The van der Waals surface area contributed by atoms with Crippen molar-refractivity contribution in [1.82, 2.24) is 0 Å². The Kier molecular flexibility index (Phi) is 3.54. The lowest BCUT2D eigenvalue weighted by molar-refractivity contribution is -0.0195. The van der Waals surface area contributed by atoms with Gasteiger partial charge in [-0.25, -0.2) is 4.79 Å². The third-order valence-electron chi connectivity index (χ3n) is 1.80. The SMILES string of the molecule is COC(=O)c1cccc(C(=O)C(O)O)c1. The van der Waals surface area contributed by atoms with Crippen LogP contribution in [-0.4, -0.2) is 35.4 Å². The molecule has 1 aromatic carbocycles. The molecule has 0 aliphatic rings. The predicted molar refractivity (Wildman–Crippen MR) is 50.3 cm³/mol. The van der Waals surface area contributed by atoms with Crippen LogP contribution < -0.4 is 0 Å². The Morgan fingerprint density at radius 3 is 2.40 bits per heavy atom. The van der Waals surface area contributed by atoms with Crippen molar-refractivity contribution in [2.45, 2.75) is 6.29 Å². The van der Waals surface area contributed by atoms with Crippen LogP contribution in [0.1, 0.15) is 20.7 Å². The maximum Gasteiger partial charge on any atom is 0.337 e. The molecule has 0 spiro atoms. The molecule has 0 radical (unpaired) electrons. The number of aliphatic hydroxyl groups excluding tert-OH is 1. The summed E-state index contributed by atoms with van der Waals surface area (Å²) in [4.78, 5) is 22.3. The van der Waals surface area contributed by atoms with E-state index in [0.29, 0.717) is 0 Å². The molecule has 15 heavy (non-hydrogen) atoms. The van der Waals surface area contributed by atoms with Crippen LogP contribution in [-0.2, 0) is 4.74 Å². The molecule has 0 saturated heterocycles. The van der Waals surface area contributed by atoms with E-state index in [0.717, 1.165) is 0 Å². The van der Waals surface area contributed by atoms with Crippen molar-refractivity contribution in [3.8, 4) is 0 Å². The number of ether oxygens (including phenoxy) is 1. The zero-order chi connectivity index (χ0) is 11.4. The first-order valence-corrected chi connectivity index (χ1v) is 4.15. The smallest absolute Gasteiger partial charge is 0.337 e. The van der Waals surface area contributed by atoms with Gasteiger partial charge >= 0.3 is 5.97 Å². The monoisotopic (exact) mass is 210 g/mol. The van der Waals surface area contributed by atoms with Crippen molar-refractivity contribution in [3.63, 3.8) is 0 Å². The standard InChI is InChI=1S/C10H10O5/c1-15-10(14)7-4-2-3-6(5-7)8(11)9(12)13/h2-5,9,12-13H,1H3. The van der Waals surface area contributed by atoms with Crippen LogP contribution in [0.5, 0.6) is 0 Å². The Morgan fingerprint density at radius 2 is 1.87 bits per heavy atom. The Labute approximate surface area is 85.9 Å². The average molecular weight is 210 g/mol. The van der Waals surface area contributed by atoms with Crippen LogP contribution >= 0.6 is 0 Å². The van der Waals surface area contributed by atoms with Gasteiger partial charge < -0.3 is 14.9 Å². The number of hydrogen-bond acceptors (Lipinski definition) is 5. The number of methoxy groups -OCH3 is 1. The first-order chi connectivity index (χ1) is 7.06. The highest BCUT2D eigenvalue weighted by Crippen LogP contribution is 2.08. The molecule has 1 rings (SSSR count). The second-order valence-corrected chi connectivity index (χ2v) is 2.81. The molecular formula is C10H10O5. The number of Topliss-reactive ketones (excluding diaryl/α,β-unsaturated/α-hetero) is 1. The van der Waals surface area contributed by atoms with E-state index >= 15 is 0 Å². The molecule has 80 valence electrons. The third kappa shape index (κ3) is 2.61. The highest BCUT2D eigenvalue weighted by atomic mass is 16.5. The fraction of sp³-hybridized carbons (Fsp3) is 0.200. The van der Waals surface area contributed by atoms with Crippen molar-refractivity contribution in [2.75, 3.05) is 7.11 Å². The van der Waals surface area contributed by atoms with Gasteiger partial charge in [-0.2, -0.15) is 0 Å². The Balaban J connectivity index is 3.02. The summed E-state index contributed by atoms with van der Waals surface area (Å²) in [6.07, 6.45) is -2.07. The number of rotatable bonds is 3. The third-order valence-corrected chi connectivity index (χ3v) is 1.80. The quantitative estimate of drug-likeness (QED) is 0.415. The molecule has 2 N–H and O–H groups in total. The summed E-state index contributed by atoms with van der Waals surface area (Å²) in [6, 6.07) is 5.55. The van der Waals surface area contributed by atoms with E-state index in [-0.39, 0.29) is 11.1 Å². The van der Waals surface area contributed by atoms with Gasteiger partial charge in [-0.05, 0) is 12.1 Å². The molecule has 0 unspecified atom stereocenters. The van der Waals surface area contributed by atoms with Gasteiger partial charge in [0.2, 0.25) is 12.1 Å². The van der Waals surface area contributed by atoms with Crippen LogP contribution in [0.2, 0.25) is 0 Å². The van der Waals surface area contributed by atoms with Crippen molar-refractivity contribution in [2.24, 2.45) is 0 Å². The van der Waals surface area contributed by atoms with E-state index in [1.165, 1.54) is 31.4 Å². The lowest BCUT2D eigenvalue weighted by Gasteiger charge is -2.04. The highest BCUT2D eigenvalue weighted by molar-refractivity contribution is 6.00. The molecule has 0 bridgehead atoms. The van der Waals surface area contributed by atoms with Crippen LogP contribution in [0, 0.1) is 0 Å². The lowest BCUT2D eigenvalue weighted by Crippen LogP contribution is -2.19. The topological polar surface area (TPSA) is 83.8 Å². The van der Waals surface area contributed by atoms with Crippen molar-refractivity contribution >= 4 is 11.8 Å². The van der Waals surface area contributed by atoms with Gasteiger partial charge in [-0.15, -0.1) is 0 Å². The van der Waals surface area contributed by atoms with E-state index in [4.69, 9.17) is 10.2 Å². The summed E-state index contributed by atoms with van der Waals surface area (Å²) in [6.45, 7) is 0. The van der Waals surface area contributed by atoms with Crippen LogP contribution in [0.4, 0.5) is 0 Å². The van der Waals surface area contributed by atoms with Gasteiger partial charge in [0.1, 0.15) is 0 Å². The molecule has 0 amide bonds. The Morgan fingerprint density at radius 1 is 1.27 bits per heavy atom. The zero-order valence-corrected chi connectivity index (χ0v) is 8.01. The minimum absolute atomic E-state index is 0.0490. The molecule has 0 atom stereocenters. The van der Waals surface area contributed by atoms with Gasteiger partial charge in [0.25, 0.3) is 0 Å². The first-order valence-electron chi connectivity index (χ1n) is 4.15. The summed E-state index contributed by atoms with van der Waals surface area (Å²) in [5.74, 6) is -1.45. The number of hydrogen-bond donors (Lipinski definition) is 2. The molecule has 0 aromatic heterocycles. The summed E-state index contributed by atoms with van der Waals surface area (Å²) in [5, 5.41) is 17.3. The van der Waals surface area contributed by atoms with E-state index in [1.54, 1.807) is 0 Å². The Hall–Kier alpha value is -1.72. The average Bonchev–Trinajstić information content (AvgIpc) is 2.27. The molecule has 5 heteroatoms. The minimum atomic E-state index is -2.07. The van der Waals surface area contributed by atoms with Gasteiger partial charge in [-0.3, -0.25) is 4.79 Å². The normalized spacial score (nSPS) is 10.1. The molecule has 0 fully saturated rings. The summed E-state index contributed by atoms with van der Waals surface area (Å²) < 4.78 is 4.46. The number of aliphatic hydroxyl groups is 2. The zero-order valence-electron chi connectivity index (χ0n) is 8.01. The van der Waals surface area contributed by atoms with Gasteiger partial charge in [0, 0.05) is 5.56 Å². The van der Waals surface area contributed by atoms with E-state index in [1.807, 2.05) is 0 Å². The highest BCUT2D eigenvalue weighted by Gasteiger charge is 2.15. The number of carbonyl (C=O) groups is 2. The van der Waals surface area contributed by atoms with Crippen molar-refractivity contribution < 1.29 is 24.5 Å². The van der Waals surface area contributed by atoms with E-state index in [2.05, 4.69) is 4.74 Å². The van der Waals surface area contributed by atoms with E-state index < -0.39 is 18.0 Å². The number of carbonyl (C=O) groups excluding carboxylic acids is 2. The van der Waals surface area contributed by atoms with E-state index in [9.17, 15) is 9.59 Å². The van der Waals surface area contributed by atoms with Crippen LogP contribution in [0.3, 0.4) is 0 Å². The number of benzene rings is 1. The van der Waals surface area contributed by atoms with Gasteiger partial charge in [0.05, 0.1) is 12.7 Å². The minimum Gasteiger partial charge on any atom is -0.465 e. The van der Waals surface area contributed by atoms with Crippen molar-refractivity contribution in [3.05, 3.63) is 35.4 Å². The van der Waals surface area contributed by atoms with Crippen LogP contribution in [0.25, 0.3) is 0 Å². The number of ketones is 1. The number of esters is 1. The maximum absolute atomic E-state index is 11.2. The predicted octanol–water partition coefficient (Wildman–Crippen LogP) is -0.0334.